The molecule has 0 aliphatic carbocycles. The zero-order valence-electron chi connectivity index (χ0n) is 21.5. The van der Waals surface area contributed by atoms with Crippen molar-refractivity contribution in [2.75, 3.05) is 44.2 Å². The number of hydrogen-bond donors (Lipinski definition) is 0. The summed E-state index contributed by atoms with van der Waals surface area (Å²) in [6, 6.07) is 9.75. The maximum absolute atomic E-state index is 13.7. The predicted octanol–water partition coefficient (Wildman–Crippen LogP) is 5.61. The van der Waals surface area contributed by atoms with E-state index in [2.05, 4.69) is 31.9 Å². The number of halogens is 1. The summed E-state index contributed by atoms with van der Waals surface area (Å²) < 4.78 is 28.3. The molecular formula is C27H33ClN4O3S2. The van der Waals surface area contributed by atoms with Crippen molar-refractivity contribution in [2.45, 2.75) is 25.7 Å². The minimum atomic E-state index is -3.76. The number of thiazole rings is 1. The molecule has 0 saturated heterocycles. The van der Waals surface area contributed by atoms with E-state index in [1.54, 1.807) is 17.0 Å². The first-order valence-electron chi connectivity index (χ1n) is 12.1. The fourth-order valence-corrected chi connectivity index (χ4v) is 6.78. The number of aromatic nitrogens is 1. The van der Waals surface area contributed by atoms with Gasteiger partial charge >= 0.3 is 0 Å². The van der Waals surface area contributed by atoms with Crippen molar-refractivity contribution in [1.82, 2.24) is 14.2 Å². The molecule has 0 saturated carbocycles. The van der Waals surface area contributed by atoms with E-state index in [0.717, 1.165) is 28.9 Å². The molecule has 0 unspecified atom stereocenters. The molecule has 0 aliphatic rings. The zero-order valence-corrected chi connectivity index (χ0v) is 23.9. The van der Waals surface area contributed by atoms with Crippen molar-refractivity contribution in [3.63, 3.8) is 0 Å². The van der Waals surface area contributed by atoms with Crippen molar-refractivity contribution in [3.05, 3.63) is 77.9 Å². The van der Waals surface area contributed by atoms with Gasteiger partial charge in [0.15, 0.2) is 5.13 Å². The van der Waals surface area contributed by atoms with E-state index in [9.17, 15) is 13.2 Å². The fourth-order valence-electron chi connectivity index (χ4n) is 3.96. The fraction of sp³-hybridized carbons (Fsp3) is 0.333. The number of sulfonamides is 1. The smallest absolute Gasteiger partial charge is 0.260 e. The highest BCUT2D eigenvalue weighted by atomic mass is 35.5. The number of hydrogen-bond acceptors (Lipinski definition) is 6. The van der Waals surface area contributed by atoms with Crippen LogP contribution in [0.1, 0.15) is 29.8 Å². The van der Waals surface area contributed by atoms with Crippen molar-refractivity contribution in [3.8, 4) is 0 Å². The summed E-state index contributed by atoms with van der Waals surface area (Å²) in [7, 11) is -3.76. The van der Waals surface area contributed by atoms with Gasteiger partial charge in [0.1, 0.15) is 0 Å². The molecule has 0 aliphatic heterocycles. The second-order valence-corrected chi connectivity index (χ2v) is 11.9. The highest BCUT2D eigenvalue weighted by Crippen LogP contribution is 2.33. The lowest BCUT2D eigenvalue weighted by Crippen LogP contribution is -2.39. The number of carbonyl (C=O) groups excluding carboxylic acids is 1. The van der Waals surface area contributed by atoms with Gasteiger partial charge in [-0.05, 0) is 62.0 Å². The maximum Gasteiger partial charge on any atom is 0.260 e. The van der Waals surface area contributed by atoms with Crippen LogP contribution in [0, 0.1) is 6.92 Å². The van der Waals surface area contributed by atoms with Gasteiger partial charge in [0.25, 0.3) is 5.91 Å². The number of fused-ring (bicyclic) bond motifs is 1. The van der Waals surface area contributed by atoms with Crippen LogP contribution in [0.5, 0.6) is 0 Å². The molecule has 3 aromatic rings. The third kappa shape index (κ3) is 6.66. The van der Waals surface area contributed by atoms with Crippen LogP contribution < -0.4 is 4.90 Å². The Kier molecular flexibility index (Phi) is 10.0. The number of benzene rings is 2. The number of amides is 1. The number of likely N-dealkylation sites (N-methyl/N-ethyl adjacent to an activating group) is 1. The van der Waals surface area contributed by atoms with E-state index < -0.39 is 10.0 Å². The van der Waals surface area contributed by atoms with Gasteiger partial charge in [-0.2, -0.15) is 4.31 Å². The van der Waals surface area contributed by atoms with Gasteiger partial charge in [0.05, 0.1) is 15.1 Å². The third-order valence-electron chi connectivity index (χ3n) is 6.05. The summed E-state index contributed by atoms with van der Waals surface area (Å²) in [4.78, 5) is 22.5. The monoisotopic (exact) mass is 560 g/mol. The highest BCUT2D eigenvalue weighted by Gasteiger charge is 2.25. The molecule has 0 spiro atoms. The first-order valence-corrected chi connectivity index (χ1v) is 14.7. The lowest BCUT2D eigenvalue weighted by molar-refractivity contribution is 0.0983. The molecular weight excluding hydrogens is 528 g/mol. The van der Waals surface area contributed by atoms with Gasteiger partial charge in [0, 0.05) is 36.8 Å². The first kappa shape index (κ1) is 29.0. The molecule has 3 rings (SSSR count). The van der Waals surface area contributed by atoms with E-state index in [1.807, 2.05) is 19.1 Å². The molecule has 2 aromatic carbocycles. The SMILES string of the molecule is C=CCN(CC=C)S(=O)(=O)c1ccc(C(=O)N(CCN(CC)CC)c2nc3c(C)cc(Cl)cc3s2)cc1. The Labute approximate surface area is 228 Å². The quantitative estimate of drug-likeness (QED) is 0.254. The van der Waals surface area contributed by atoms with Crippen molar-refractivity contribution < 1.29 is 13.2 Å². The van der Waals surface area contributed by atoms with Crippen LogP contribution in [0.2, 0.25) is 5.02 Å². The highest BCUT2D eigenvalue weighted by molar-refractivity contribution is 7.89. The summed E-state index contributed by atoms with van der Waals surface area (Å²) in [5.74, 6) is -0.243. The number of nitrogens with zero attached hydrogens (tertiary/aromatic N) is 4. The topological polar surface area (TPSA) is 73.8 Å². The molecule has 7 nitrogen and oxygen atoms in total. The number of rotatable bonds is 13. The Morgan fingerprint density at radius 2 is 1.68 bits per heavy atom. The molecule has 198 valence electrons. The predicted molar refractivity (Wildman–Crippen MR) is 154 cm³/mol. The molecule has 1 amide bonds. The second-order valence-electron chi connectivity index (χ2n) is 8.47. The largest absolute Gasteiger partial charge is 0.302 e. The van der Waals surface area contributed by atoms with E-state index in [-0.39, 0.29) is 23.9 Å². The van der Waals surface area contributed by atoms with Crippen LogP contribution in [-0.2, 0) is 10.0 Å². The second kappa shape index (κ2) is 12.8. The van der Waals surface area contributed by atoms with Crippen LogP contribution in [0.25, 0.3) is 10.2 Å². The molecule has 0 N–H and O–H groups in total. The normalized spacial score (nSPS) is 11.8. The molecule has 1 heterocycles. The van der Waals surface area contributed by atoms with E-state index >= 15 is 0 Å². The summed E-state index contributed by atoms with van der Waals surface area (Å²) in [6.07, 6.45) is 3.05. The van der Waals surface area contributed by atoms with Gasteiger partial charge in [-0.15, -0.1) is 13.2 Å². The lowest BCUT2D eigenvalue weighted by Gasteiger charge is -2.25. The maximum atomic E-state index is 13.7. The van der Waals surface area contributed by atoms with Crippen LogP contribution in [-0.4, -0.2) is 67.8 Å². The van der Waals surface area contributed by atoms with Crippen LogP contribution in [0.15, 0.2) is 66.6 Å². The molecule has 0 bridgehead atoms. The minimum absolute atomic E-state index is 0.104. The molecule has 10 heteroatoms. The Hall–Kier alpha value is -2.56. The lowest BCUT2D eigenvalue weighted by atomic mass is 10.2. The number of aryl methyl sites for hydroxylation is 1. The van der Waals surface area contributed by atoms with Gasteiger partial charge < -0.3 is 4.90 Å². The Bertz CT molecular complexity index is 1360. The standard InChI is InChI=1S/C27H33ClN4O3S2/c1-6-14-31(15-7-2)37(34,35)23-12-10-21(11-13-23)26(33)32(17-16-30(8-3)9-4)27-29-25-20(5)18-22(28)19-24(25)36-27/h6-7,10-13,18-19H,1-2,8-9,14-17H2,3-5H3. The molecule has 0 atom stereocenters. The van der Waals surface area contributed by atoms with Crippen molar-refractivity contribution in [2.24, 2.45) is 0 Å². The number of carbonyl (C=O) groups is 1. The van der Waals surface area contributed by atoms with E-state index in [4.69, 9.17) is 16.6 Å². The Balaban J connectivity index is 1.97. The summed E-state index contributed by atoms with van der Waals surface area (Å²) in [5, 5.41) is 1.21. The van der Waals surface area contributed by atoms with Crippen LogP contribution in [0.3, 0.4) is 0 Å². The third-order valence-corrected chi connectivity index (χ3v) is 9.14. The summed E-state index contributed by atoms with van der Waals surface area (Å²) >= 11 is 7.67. The Morgan fingerprint density at radius 3 is 2.24 bits per heavy atom. The number of anilines is 1. The van der Waals surface area contributed by atoms with Crippen molar-refractivity contribution in [1.29, 1.82) is 0 Å². The molecule has 37 heavy (non-hydrogen) atoms. The van der Waals surface area contributed by atoms with Gasteiger partial charge in [0.2, 0.25) is 10.0 Å². The van der Waals surface area contributed by atoms with E-state index in [0.29, 0.717) is 28.8 Å². The molecule has 0 radical (unpaired) electrons. The average molecular weight is 561 g/mol. The Morgan fingerprint density at radius 1 is 1.05 bits per heavy atom. The average Bonchev–Trinajstić information content (AvgIpc) is 3.30. The summed E-state index contributed by atoms with van der Waals surface area (Å²) in [5.41, 5.74) is 2.14. The van der Waals surface area contributed by atoms with Gasteiger partial charge in [-0.25, -0.2) is 13.4 Å². The van der Waals surface area contributed by atoms with Crippen LogP contribution >= 0.6 is 22.9 Å². The minimum Gasteiger partial charge on any atom is -0.302 e. The first-order chi connectivity index (χ1) is 17.7. The summed E-state index contributed by atoms with van der Waals surface area (Å²) in [6.45, 7) is 16.6. The molecule has 1 aromatic heterocycles. The van der Waals surface area contributed by atoms with Gasteiger partial charge in [-0.1, -0.05) is 48.9 Å². The van der Waals surface area contributed by atoms with Crippen LogP contribution in [0.4, 0.5) is 5.13 Å². The zero-order chi connectivity index (χ0) is 27.2. The van der Waals surface area contributed by atoms with Crippen molar-refractivity contribution >= 4 is 54.2 Å². The molecule has 0 fully saturated rings. The van der Waals surface area contributed by atoms with E-state index in [1.165, 1.54) is 39.9 Å². The van der Waals surface area contributed by atoms with Gasteiger partial charge in [-0.3, -0.25) is 9.69 Å².